The molecule has 0 N–H and O–H groups in total. The van der Waals surface area contributed by atoms with Crippen LogP contribution in [0.5, 0.6) is 0 Å². The van der Waals surface area contributed by atoms with Crippen LogP contribution in [0.25, 0.3) is 33.6 Å². The number of hydrogen-bond donors (Lipinski definition) is 0. The third kappa shape index (κ3) is 2.14. The van der Waals surface area contributed by atoms with Crippen molar-refractivity contribution in [3.63, 3.8) is 0 Å². The second-order valence-electron chi connectivity index (χ2n) is 5.28. The van der Waals surface area contributed by atoms with Gasteiger partial charge in [-0.3, -0.25) is 4.79 Å². The molecule has 2 aliphatic heterocycles. The number of rotatable bonds is 2. The highest BCUT2D eigenvalue weighted by molar-refractivity contribution is 6.30. The molecule has 0 aliphatic carbocycles. The zero-order chi connectivity index (χ0) is 16.0. The maximum Gasteiger partial charge on any atom is 0.280 e. The van der Waals surface area contributed by atoms with Gasteiger partial charge < -0.3 is 4.42 Å². The predicted octanol–water partition coefficient (Wildman–Crippen LogP) is 4.43. The number of nitrogens with zero attached hydrogens (tertiary/aromatic N) is 2. The first-order chi connectivity index (χ1) is 11.2. The highest BCUT2D eigenvalue weighted by Crippen LogP contribution is 2.36. The van der Waals surface area contributed by atoms with Crippen LogP contribution >= 0.6 is 11.6 Å². The van der Waals surface area contributed by atoms with Gasteiger partial charge in [-0.1, -0.05) is 23.7 Å². The van der Waals surface area contributed by atoms with Gasteiger partial charge in [0.1, 0.15) is 22.6 Å². The fourth-order valence-corrected chi connectivity index (χ4v) is 2.90. The molecule has 2 aliphatic rings. The molecule has 2 heterocycles. The fraction of sp³-hybridized carbons (Fsp3) is 0.111. The Hall–Kier alpha value is -2.59. The van der Waals surface area contributed by atoms with E-state index in [-0.39, 0.29) is 5.56 Å². The number of benzene rings is 2. The topological polar surface area (TPSA) is 48.0 Å². The number of hydrogen-bond acceptors (Lipinski definition) is 3. The lowest BCUT2D eigenvalue weighted by molar-refractivity contribution is 0.620. The second kappa shape index (κ2) is 5.25. The van der Waals surface area contributed by atoms with Crippen molar-refractivity contribution in [3.8, 4) is 22.6 Å². The van der Waals surface area contributed by atoms with Crippen LogP contribution in [-0.2, 0) is 6.54 Å². The summed E-state index contributed by atoms with van der Waals surface area (Å²) in [6.07, 6.45) is 0. The Morgan fingerprint density at radius 3 is 2.61 bits per heavy atom. The number of halogens is 1. The molecular weight excluding hydrogens is 312 g/mol. The Morgan fingerprint density at radius 2 is 1.87 bits per heavy atom. The first kappa shape index (κ1) is 14.0. The summed E-state index contributed by atoms with van der Waals surface area (Å²) in [5.74, 6) is 0.528. The smallest absolute Gasteiger partial charge is 0.280 e. The summed E-state index contributed by atoms with van der Waals surface area (Å²) in [6, 6.07) is 14.9. The molecule has 4 nitrogen and oxygen atoms in total. The summed E-state index contributed by atoms with van der Waals surface area (Å²) < 4.78 is 7.51. The summed E-state index contributed by atoms with van der Waals surface area (Å²) >= 11 is 5.96. The Balaban J connectivity index is 2.15. The van der Waals surface area contributed by atoms with Crippen LogP contribution in [0.4, 0.5) is 0 Å². The lowest BCUT2D eigenvalue weighted by atomic mass is 10.0. The van der Waals surface area contributed by atoms with Crippen LogP contribution < -0.4 is 5.56 Å². The van der Waals surface area contributed by atoms with Gasteiger partial charge in [0.05, 0.1) is 0 Å². The zero-order valence-electron chi connectivity index (χ0n) is 12.4. The van der Waals surface area contributed by atoms with Gasteiger partial charge in [-0.05, 0) is 43.3 Å². The minimum atomic E-state index is -0.137. The molecular formula is C18H13ClN2O2. The van der Waals surface area contributed by atoms with Crippen LogP contribution in [0.15, 0.2) is 57.7 Å². The molecule has 0 saturated heterocycles. The number of fused-ring (bicyclic) bond motifs is 3. The molecule has 0 radical (unpaired) electrons. The van der Waals surface area contributed by atoms with Crippen molar-refractivity contribution in [1.29, 1.82) is 0 Å². The van der Waals surface area contributed by atoms with Crippen LogP contribution in [0.1, 0.15) is 6.92 Å². The van der Waals surface area contributed by atoms with Crippen molar-refractivity contribution >= 4 is 22.6 Å². The minimum absolute atomic E-state index is 0.137. The molecule has 5 heteroatoms. The quantitative estimate of drug-likeness (QED) is 0.548. The maximum atomic E-state index is 12.7. The highest BCUT2D eigenvalue weighted by atomic mass is 35.5. The molecule has 23 heavy (non-hydrogen) atoms. The lowest BCUT2D eigenvalue weighted by Crippen LogP contribution is -2.15. The van der Waals surface area contributed by atoms with Gasteiger partial charge in [0.25, 0.3) is 5.56 Å². The molecule has 0 atom stereocenters. The lowest BCUT2D eigenvalue weighted by Gasteiger charge is -2.08. The largest absolute Gasteiger partial charge is 0.455 e. The van der Waals surface area contributed by atoms with Crippen molar-refractivity contribution in [2.45, 2.75) is 13.5 Å². The van der Waals surface area contributed by atoms with E-state index in [1.54, 1.807) is 12.1 Å². The number of aryl methyl sites for hydroxylation is 1. The van der Waals surface area contributed by atoms with E-state index in [9.17, 15) is 4.79 Å². The molecule has 0 spiro atoms. The standard InChI is InChI=1S/C18H13ClN2O2/c1-2-21-18(22)15-16(20-21)13-5-3-4-6-14(13)23-17(15)11-7-9-12(19)10-8-11/h3-10H,2H2,1H3. The van der Waals surface area contributed by atoms with Crippen molar-refractivity contribution in [2.75, 3.05) is 0 Å². The molecule has 0 aromatic heterocycles. The summed E-state index contributed by atoms with van der Waals surface area (Å²) in [4.78, 5) is 12.7. The first-order valence-electron chi connectivity index (χ1n) is 7.37. The molecule has 4 rings (SSSR count). The number of para-hydroxylation sites is 1. The zero-order valence-corrected chi connectivity index (χ0v) is 13.2. The normalized spacial score (nSPS) is 11.4. The molecule has 2 aromatic carbocycles. The van der Waals surface area contributed by atoms with Crippen LogP contribution in [0.3, 0.4) is 0 Å². The monoisotopic (exact) mass is 324 g/mol. The van der Waals surface area contributed by atoms with Gasteiger partial charge in [-0.2, -0.15) is 5.10 Å². The molecule has 2 aromatic rings. The molecule has 0 saturated carbocycles. The summed E-state index contributed by atoms with van der Waals surface area (Å²) in [5, 5.41) is 5.95. The van der Waals surface area contributed by atoms with Crippen molar-refractivity contribution in [1.82, 2.24) is 9.78 Å². The van der Waals surface area contributed by atoms with Crippen LogP contribution in [-0.4, -0.2) is 9.78 Å². The molecule has 114 valence electrons. The van der Waals surface area contributed by atoms with Gasteiger partial charge in [-0.25, -0.2) is 4.68 Å². The van der Waals surface area contributed by atoms with Gasteiger partial charge >= 0.3 is 0 Å². The molecule has 0 bridgehead atoms. The van der Waals surface area contributed by atoms with Crippen molar-refractivity contribution < 1.29 is 4.42 Å². The van der Waals surface area contributed by atoms with E-state index < -0.39 is 0 Å². The van der Waals surface area contributed by atoms with E-state index in [1.807, 2.05) is 43.3 Å². The summed E-state index contributed by atoms with van der Waals surface area (Å²) in [6.45, 7) is 2.41. The molecule has 0 amide bonds. The molecule has 0 unspecified atom stereocenters. The Kier molecular flexibility index (Phi) is 3.20. The van der Waals surface area contributed by atoms with Crippen LogP contribution in [0.2, 0.25) is 5.02 Å². The van der Waals surface area contributed by atoms with E-state index in [0.717, 1.165) is 10.9 Å². The van der Waals surface area contributed by atoms with E-state index in [4.69, 9.17) is 16.0 Å². The third-order valence-corrected chi connectivity index (χ3v) is 4.14. The summed E-state index contributed by atoms with van der Waals surface area (Å²) in [7, 11) is 0. The second-order valence-corrected chi connectivity index (χ2v) is 5.72. The van der Waals surface area contributed by atoms with Gasteiger partial charge in [-0.15, -0.1) is 0 Å². The Labute approximate surface area is 137 Å². The molecule has 0 fully saturated rings. The maximum absolute atomic E-state index is 12.7. The predicted molar refractivity (Wildman–Crippen MR) is 91.0 cm³/mol. The van der Waals surface area contributed by atoms with E-state index in [1.165, 1.54) is 4.68 Å². The summed E-state index contributed by atoms with van der Waals surface area (Å²) in [5.41, 5.74) is 2.54. The van der Waals surface area contributed by atoms with Gasteiger partial charge in [0, 0.05) is 22.5 Å². The highest BCUT2D eigenvalue weighted by Gasteiger charge is 2.24. The average molecular weight is 325 g/mol. The Morgan fingerprint density at radius 1 is 1.13 bits per heavy atom. The SMILES string of the molecule is CCn1nc2c3ccccc3oc(-c3ccc(Cl)cc3)c-2c1=O. The Bertz CT molecular complexity index is 1030. The van der Waals surface area contributed by atoms with E-state index in [2.05, 4.69) is 5.10 Å². The van der Waals surface area contributed by atoms with E-state index in [0.29, 0.717) is 34.2 Å². The van der Waals surface area contributed by atoms with Crippen molar-refractivity contribution in [2.24, 2.45) is 0 Å². The number of aromatic nitrogens is 2. The first-order valence-corrected chi connectivity index (χ1v) is 7.75. The van der Waals surface area contributed by atoms with E-state index >= 15 is 0 Å². The van der Waals surface area contributed by atoms with Gasteiger partial charge in [0.15, 0.2) is 0 Å². The average Bonchev–Trinajstić information content (AvgIpc) is 2.92. The third-order valence-electron chi connectivity index (χ3n) is 3.89. The van der Waals surface area contributed by atoms with Crippen LogP contribution in [0, 0.1) is 0 Å². The van der Waals surface area contributed by atoms with Crippen molar-refractivity contribution in [3.05, 3.63) is 63.9 Å². The fourth-order valence-electron chi connectivity index (χ4n) is 2.77. The minimum Gasteiger partial charge on any atom is -0.455 e. The van der Waals surface area contributed by atoms with Gasteiger partial charge in [0.2, 0.25) is 0 Å².